The molecule has 1 aliphatic heterocycles. The van der Waals surface area contributed by atoms with Gasteiger partial charge in [0.1, 0.15) is 0 Å². The second-order valence-electron chi connectivity index (χ2n) is 5.57. The Morgan fingerprint density at radius 2 is 2.00 bits per heavy atom. The van der Waals surface area contributed by atoms with Gasteiger partial charge in [-0.2, -0.15) is 0 Å². The third-order valence-electron chi connectivity index (χ3n) is 4.28. The van der Waals surface area contributed by atoms with Gasteiger partial charge in [0.15, 0.2) is 0 Å². The topological polar surface area (TPSA) is 41.1 Å². The standard InChI is InChI=1S/C15H20N2O.ClH/c1-10(12-8-16-9-12)15(18)17-14-7-13(14)11-5-3-2-4-6-11;/h2-6,10,12-14,16H,7-9H2,1H3,(H,17,18);1H. The van der Waals surface area contributed by atoms with Crippen LogP contribution in [0.1, 0.15) is 24.8 Å². The summed E-state index contributed by atoms with van der Waals surface area (Å²) >= 11 is 0. The van der Waals surface area contributed by atoms with Crippen LogP contribution in [0.3, 0.4) is 0 Å². The first kappa shape index (κ1) is 14.4. The van der Waals surface area contributed by atoms with Crippen molar-refractivity contribution in [2.45, 2.75) is 25.3 Å². The highest BCUT2D eigenvalue weighted by molar-refractivity contribution is 5.85. The number of hydrogen-bond donors (Lipinski definition) is 2. The summed E-state index contributed by atoms with van der Waals surface area (Å²) in [5.41, 5.74) is 1.35. The smallest absolute Gasteiger partial charge is 0.223 e. The zero-order valence-electron chi connectivity index (χ0n) is 11.1. The van der Waals surface area contributed by atoms with Gasteiger partial charge in [-0.3, -0.25) is 4.79 Å². The fourth-order valence-corrected chi connectivity index (χ4v) is 2.62. The summed E-state index contributed by atoms with van der Waals surface area (Å²) < 4.78 is 0. The minimum absolute atomic E-state index is 0. The predicted molar refractivity (Wildman–Crippen MR) is 78.5 cm³/mol. The van der Waals surface area contributed by atoms with Crippen LogP contribution >= 0.6 is 12.4 Å². The van der Waals surface area contributed by atoms with Crippen molar-refractivity contribution in [3.05, 3.63) is 35.9 Å². The lowest BCUT2D eigenvalue weighted by molar-refractivity contribution is -0.126. The van der Waals surface area contributed by atoms with Crippen LogP contribution in [0.5, 0.6) is 0 Å². The molecule has 3 unspecified atom stereocenters. The molecule has 2 fully saturated rings. The largest absolute Gasteiger partial charge is 0.352 e. The lowest BCUT2D eigenvalue weighted by Gasteiger charge is -2.31. The fraction of sp³-hybridized carbons (Fsp3) is 0.533. The average molecular weight is 281 g/mol. The average Bonchev–Trinajstić information content (AvgIpc) is 3.07. The van der Waals surface area contributed by atoms with E-state index in [1.807, 2.05) is 13.0 Å². The van der Waals surface area contributed by atoms with Crippen LogP contribution in [0.2, 0.25) is 0 Å². The van der Waals surface area contributed by atoms with E-state index in [0.717, 1.165) is 19.5 Å². The van der Waals surface area contributed by atoms with Gasteiger partial charge in [0.05, 0.1) is 0 Å². The molecule has 0 bridgehead atoms. The summed E-state index contributed by atoms with van der Waals surface area (Å²) in [5.74, 6) is 1.42. The molecule has 3 nitrogen and oxygen atoms in total. The molecule has 2 N–H and O–H groups in total. The van der Waals surface area contributed by atoms with Crippen LogP contribution in [0, 0.1) is 11.8 Å². The molecule has 1 aliphatic carbocycles. The predicted octanol–water partition coefficient (Wildman–Crippen LogP) is 1.94. The van der Waals surface area contributed by atoms with Crippen LogP contribution in [-0.2, 0) is 4.79 Å². The van der Waals surface area contributed by atoms with Gasteiger partial charge in [0.2, 0.25) is 5.91 Å². The Kier molecular flexibility index (Phi) is 4.48. The Hall–Kier alpha value is -1.06. The van der Waals surface area contributed by atoms with Gasteiger partial charge in [0.25, 0.3) is 0 Å². The molecule has 1 saturated heterocycles. The molecule has 19 heavy (non-hydrogen) atoms. The first-order chi connectivity index (χ1) is 8.75. The van der Waals surface area contributed by atoms with Gasteiger partial charge in [-0.15, -0.1) is 12.4 Å². The second-order valence-corrected chi connectivity index (χ2v) is 5.57. The number of rotatable bonds is 4. The lowest BCUT2D eigenvalue weighted by atomic mass is 9.88. The van der Waals surface area contributed by atoms with Crippen molar-refractivity contribution in [1.29, 1.82) is 0 Å². The molecule has 0 aromatic heterocycles. The molecule has 3 atom stereocenters. The fourth-order valence-electron chi connectivity index (χ4n) is 2.62. The van der Waals surface area contributed by atoms with Gasteiger partial charge in [0, 0.05) is 17.9 Å². The summed E-state index contributed by atoms with van der Waals surface area (Å²) in [7, 11) is 0. The molecule has 3 rings (SSSR count). The van der Waals surface area contributed by atoms with E-state index in [0.29, 0.717) is 17.9 Å². The van der Waals surface area contributed by atoms with E-state index in [2.05, 4.69) is 34.9 Å². The highest BCUT2D eigenvalue weighted by Gasteiger charge is 2.41. The highest BCUT2D eigenvalue weighted by atomic mass is 35.5. The van der Waals surface area contributed by atoms with E-state index in [-0.39, 0.29) is 24.2 Å². The second kappa shape index (κ2) is 5.93. The minimum Gasteiger partial charge on any atom is -0.352 e. The molecule has 104 valence electrons. The van der Waals surface area contributed by atoms with Gasteiger partial charge in [-0.25, -0.2) is 0 Å². The van der Waals surface area contributed by atoms with Crippen molar-refractivity contribution >= 4 is 18.3 Å². The maximum absolute atomic E-state index is 12.1. The normalized spacial score (nSPS) is 26.8. The van der Waals surface area contributed by atoms with Crippen LogP contribution in [0.25, 0.3) is 0 Å². The maximum atomic E-state index is 12.1. The Labute approximate surface area is 120 Å². The van der Waals surface area contributed by atoms with E-state index >= 15 is 0 Å². The van der Waals surface area contributed by atoms with E-state index in [4.69, 9.17) is 0 Å². The first-order valence-electron chi connectivity index (χ1n) is 6.81. The number of carbonyl (C=O) groups excluding carboxylic acids is 1. The summed E-state index contributed by atoms with van der Waals surface area (Å²) in [5, 5.41) is 6.41. The monoisotopic (exact) mass is 280 g/mol. The Balaban J connectivity index is 0.00000133. The molecule has 1 aromatic rings. The maximum Gasteiger partial charge on any atom is 0.223 e. The molecule has 1 saturated carbocycles. The van der Waals surface area contributed by atoms with Crippen LogP contribution in [0.15, 0.2) is 30.3 Å². The SMILES string of the molecule is CC(C(=O)NC1CC1c1ccccc1)C1CNC1.Cl. The highest BCUT2D eigenvalue weighted by Crippen LogP contribution is 2.40. The van der Waals surface area contributed by atoms with Crippen molar-refractivity contribution < 1.29 is 4.79 Å². The van der Waals surface area contributed by atoms with Crippen molar-refractivity contribution in [3.63, 3.8) is 0 Å². The van der Waals surface area contributed by atoms with E-state index in [9.17, 15) is 4.79 Å². The Morgan fingerprint density at radius 3 is 2.58 bits per heavy atom. The molecule has 0 radical (unpaired) electrons. The molecule has 1 heterocycles. The van der Waals surface area contributed by atoms with Crippen molar-refractivity contribution in [3.8, 4) is 0 Å². The molecule has 1 amide bonds. The van der Waals surface area contributed by atoms with Crippen LogP contribution in [0.4, 0.5) is 0 Å². The number of benzene rings is 1. The van der Waals surface area contributed by atoms with Crippen LogP contribution in [-0.4, -0.2) is 25.0 Å². The van der Waals surface area contributed by atoms with Crippen molar-refractivity contribution in [1.82, 2.24) is 10.6 Å². The minimum atomic E-state index is 0. The quantitative estimate of drug-likeness (QED) is 0.885. The Morgan fingerprint density at radius 1 is 1.32 bits per heavy atom. The number of amides is 1. The number of halogens is 1. The van der Waals surface area contributed by atoms with Crippen molar-refractivity contribution in [2.24, 2.45) is 11.8 Å². The van der Waals surface area contributed by atoms with Gasteiger partial charge < -0.3 is 10.6 Å². The number of hydrogen-bond acceptors (Lipinski definition) is 2. The zero-order chi connectivity index (χ0) is 12.5. The summed E-state index contributed by atoms with van der Waals surface area (Å²) in [6.45, 7) is 4.02. The van der Waals surface area contributed by atoms with E-state index in [1.54, 1.807) is 0 Å². The zero-order valence-corrected chi connectivity index (χ0v) is 12.0. The van der Waals surface area contributed by atoms with Gasteiger partial charge >= 0.3 is 0 Å². The summed E-state index contributed by atoms with van der Waals surface area (Å²) in [6, 6.07) is 10.8. The third-order valence-corrected chi connectivity index (χ3v) is 4.28. The molecule has 4 heteroatoms. The molecule has 2 aliphatic rings. The first-order valence-corrected chi connectivity index (χ1v) is 6.81. The van der Waals surface area contributed by atoms with Gasteiger partial charge in [-0.05, 0) is 31.0 Å². The molecule has 1 aromatic carbocycles. The molecular weight excluding hydrogens is 260 g/mol. The van der Waals surface area contributed by atoms with Crippen LogP contribution < -0.4 is 10.6 Å². The van der Waals surface area contributed by atoms with E-state index < -0.39 is 0 Å². The van der Waals surface area contributed by atoms with Gasteiger partial charge in [-0.1, -0.05) is 37.3 Å². The molecule has 0 spiro atoms. The summed E-state index contributed by atoms with van der Waals surface area (Å²) in [6.07, 6.45) is 1.09. The number of carbonyl (C=O) groups is 1. The molecular formula is C15H21ClN2O. The summed E-state index contributed by atoms with van der Waals surface area (Å²) in [4.78, 5) is 12.1. The van der Waals surface area contributed by atoms with E-state index in [1.165, 1.54) is 5.56 Å². The third kappa shape index (κ3) is 3.10. The van der Waals surface area contributed by atoms with Crippen molar-refractivity contribution in [2.75, 3.05) is 13.1 Å². The lowest BCUT2D eigenvalue weighted by Crippen LogP contribution is -2.50. The number of nitrogens with one attached hydrogen (secondary N) is 2. The Bertz CT molecular complexity index is 433.